The molecule has 0 unspecified atom stereocenters. The van der Waals surface area contributed by atoms with Crippen LogP contribution >= 0.6 is 0 Å². The molecule has 0 spiro atoms. The van der Waals surface area contributed by atoms with Crippen molar-refractivity contribution in [1.29, 1.82) is 0 Å². The van der Waals surface area contributed by atoms with Crippen LogP contribution in [0.5, 0.6) is 0 Å². The number of aryl methyl sites for hydroxylation is 1. The quantitative estimate of drug-likeness (QED) is 0.551. The molecule has 0 aliphatic carbocycles. The third-order valence-corrected chi connectivity index (χ3v) is 3.37. The Balaban J connectivity index is 0.000000640. The predicted molar refractivity (Wildman–Crippen MR) is 103 cm³/mol. The lowest BCUT2D eigenvalue weighted by molar-refractivity contribution is 0.886. The Hall–Kier alpha value is -1.82. The first-order chi connectivity index (χ1) is 10.8. The number of rotatable bonds is 4. The molecule has 0 fully saturated rings. The van der Waals surface area contributed by atoms with Crippen LogP contribution in [0.15, 0.2) is 55.1 Å². The van der Waals surface area contributed by atoms with Crippen LogP contribution in [0.3, 0.4) is 0 Å². The molecule has 0 saturated heterocycles. The van der Waals surface area contributed by atoms with E-state index in [4.69, 9.17) is 0 Å². The summed E-state index contributed by atoms with van der Waals surface area (Å²) >= 11 is 0. The highest BCUT2D eigenvalue weighted by Gasteiger charge is 2.05. The maximum absolute atomic E-state index is 3.87. The van der Waals surface area contributed by atoms with Gasteiger partial charge in [-0.15, -0.1) is 0 Å². The van der Waals surface area contributed by atoms with Crippen LogP contribution in [0.1, 0.15) is 58.6 Å². The van der Waals surface area contributed by atoms with E-state index >= 15 is 0 Å². The van der Waals surface area contributed by atoms with Crippen LogP contribution in [0.25, 0.3) is 17.2 Å². The number of hydrogen-bond acceptors (Lipinski definition) is 0. The van der Waals surface area contributed by atoms with E-state index in [-0.39, 0.29) is 0 Å². The minimum atomic E-state index is 1.06. The minimum Gasteiger partial charge on any atom is -0.0984 e. The summed E-state index contributed by atoms with van der Waals surface area (Å²) in [4.78, 5) is 0. The van der Waals surface area contributed by atoms with Gasteiger partial charge in [-0.3, -0.25) is 0 Å². The van der Waals surface area contributed by atoms with Gasteiger partial charge < -0.3 is 0 Å². The van der Waals surface area contributed by atoms with Crippen LogP contribution in [-0.4, -0.2) is 0 Å². The average Bonchev–Trinajstić information content (AvgIpc) is 2.63. The van der Waals surface area contributed by atoms with Gasteiger partial charge in [-0.25, -0.2) is 0 Å². The summed E-state index contributed by atoms with van der Waals surface area (Å²) < 4.78 is 0. The first kappa shape index (κ1) is 20.2. The molecule has 22 heavy (non-hydrogen) atoms. The molecule has 0 aliphatic rings. The summed E-state index contributed by atoms with van der Waals surface area (Å²) in [5, 5.41) is 0. The molecular formula is C22H32. The smallest absolute Gasteiger partial charge is 0.0109 e. The molecule has 0 radical (unpaired) electrons. The van der Waals surface area contributed by atoms with Gasteiger partial charge in [-0.1, -0.05) is 109 Å². The van der Waals surface area contributed by atoms with Gasteiger partial charge in [-0.2, -0.15) is 0 Å². The Kier molecular flexibility index (Phi) is 11.8. The molecule has 0 bridgehead atoms. The van der Waals surface area contributed by atoms with E-state index in [1.165, 1.54) is 35.1 Å². The van der Waals surface area contributed by atoms with E-state index in [2.05, 4.69) is 75.9 Å². The van der Waals surface area contributed by atoms with Crippen LogP contribution in [-0.2, 0) is 6.42 Å². The summed E-state index contributed by atoms with van der Waals surface area (Å²) in [6.07, 6.45) is 5.61. The van der Waals surface area contributed by atoms with Crippen molar-refractivity contribution in [2.45, 2.75) is 53.9 Å². The van der Waals surface area contributed by atoms with Crippen molar-refractivity contribution in [3.63, 3.8) is 0 Å². The van der Waals surface area contributed by atoms with Crippen molar-refractivity contribution in [3.8, 4) is 11.1 Å². The molecule has 0 heterocycles. The van der Waals surface area contributed by atoms with Gasteiger partial charge >= 0.3 is 0 Å². The molecule has 0 aliphatic heterocycles. The minimum absolute atomic E-state index is 1.06. The highest BCUT2D eigenvalue weighted by atomic mass is 14.1. The Morgan fingerprint density at radius 2 is 1.27 bits per heavy atom. The van der Waals surface area contributed by atoms with Crippen molar-refractivity contribution in [2.24, 2.45) is 0 Å². The number of benzene rings is 2. The van der Waals surface area contributed by atoms with Crippen LogP contribution in [0, 0.1) is 0 Å². The van der Waals surface area contributed by atoms with Gasteiger partial charge in [0.15, 0.2) is 0 Å². The summed E-state index contributed by atoms with van der Waals surface area (Å²) in [5.41, 5.74) is 5.18. The van der Waals surface area contributed by atoms with Crippen molar-refractivity contribution >= 4 is 6.08 Å². The van der Waals surface area contributed by atoms with Crippen molar-refractivity contribution < 1.29 is 0 Å². The zero-order chi connectivity index (χ0) is 16.8. The van der Waals surface area contributed by atoms with Gasteiger partial charge in [-0.05, 0) is 28.7 Å². The van der Waals surface area contributed by atoms with Gasteiger partial charge in [0.05, 0.1) is 0 Å². The molecule has 0 aromatic heterocycles. The standard InChI is InChI=1S/C16H16.C4H10.C2H6/c1-3-13-9-5-7-11-15(13)16-12-8-6-10-14(16)4-2;1-3-4-2;1-2/h3,5-12H,1,4H2,2H3;3-4H2,1-2H3;1-2H3. The Morgan fingerprint density at radius 3 is 1.77 bits per heavy atom. The van der Waals surface area contributed by atoms with E-state index in [1.807, 2.05) is 19.9 Å². The van der Waals surface area contributed by atoms with E-state index in [0.29, 0.717) is 0 Å². The predicted octanol–water partition coefficient (Wildman–Crippen LogP) is 7.39. The molecule has 2 aromatic rings. The fraction of sp³-hybridized carbons (Fsp3) is 0.364. The first-order valence-corrected chi connectivity index (χ1v) is 8.58. The summed E-state index contributed by atoms with van der Waals surface area (Å²) in [5.74, 6) is 0. The zero-order valence-electron chi connectivity index (χ0n) is 15.0. The lowest BCUT2D eigenvalue weighted by Gasteiger charge is -2.10. The van der Waals surface area contributed by atoms with Crippen LogP contribution < -0.4 is 0 Å². The summed E-state index contributed by atoms with van der Waals surface area (Å²) in [7, 11) is 0. The number of hydrogen-bond donors (Lipinski definition) is 0. The molecule has 0 saturated carbocycles. The van der Waals surface area contributed by atoms with E-state index < -0.39 is 0 Å². The highest BCUT2D eigenvalue weighted by Crippen LogP contribution is 2.27. The largest absolute Gasteiger partial charge is 0.0984 e. The lowest BCUT2D eigenvalue weighted by atomic mass is 9.94. The third-order valence-electron chi connectivity index (χ3n) is 3.37. The maximum atomic E-state index is 3.87. The topological polar surface area (TPSA) is 0 Å². The molecule has 2 aromatic carbocycles. The second kappa shape index (κ2) is 12.9. The van der Waals surface area contributed by atoms with Crippen LogP contribution in [0.4, 0.5) is 0 Å². The van der Waals surface area contributed by atoms with E-state index in [9.17, 15) is 0 Å². The SMILES string of the molecule is C=Cc1ccccc1-c1ccccc1CC.CC.CCCC. The Bertz CT molecular complexity index is 521. The zero-order valence-corrected chi connectivity index (χ0v) is 15.0. The monoisotopic (exact) mass is 296 g/mol. The molecule has 0 atom stereocenters. The van der Waals surface area contributed by atoms with Crippen molar-refractivity contribution in [1.82, 2.24) is 0 Å². The number of unbranched alkanes of at least 4 members (excludes halogenated alkanes) is 1. The molecular weight excluding hydrogens is 264 g/mol. The first-order valence-electron chi connectivity index (χ1n) is 8.58. The maximum Gasteiger partial charge on any atom is -0.0109 e. The Labute approximate surface area is 137 Å². The fourth-order valence-corrected chi connectivity index (χ4v) is 2.01. The summed E-state index contributed by atoms with van der Waals surface area (Å²) in [6, 6.07) is 17.0. The van der Waals surface area contributed by atoms with Gasteiger partial charge in [0.1, 0.15) is 0 Å². The van der Waals surface area contributed by atoms with Crippen molar-refractivity contribution in [2.75, 3.05) is 0 Å². The second-order valence-corrected chi connectivity index (χ2v) is 4.80. The molecule has 0 N–H and O–H groups in total. The fourth-order valence-electron chi connectivity index (χ4n) is 2.01. The van der Waals surface area contributed by atoms with Crippen molar-refractivity contribution in [3.05, 3.63) is 66.2 Å². The molecule has 120 valence electrons. The molecule has 2 rings (SSSR count). The highest BCUT2D eigenvalue weighted by molar-refractivity contribution is 5.76. The van der Waals surface area contributed by atoms with Gasteiger partial charge in [0.25, 0.3) is 0 Å². The molecule has 0 amide bonds. The second-order valence-electron chi connectivity index (χ2n) is 4.80. The Morgan fingerprint density at radius 1 is 0.773 bits per heavy atom. The lowest BCUT2D eigenvalue weighted by Crippen LogP contribution is -1.89. The average molecular weight is 296 g/mol. The van der Waals surface area contributed by atoms with Gasteiger partial charge in [0, 0.05) is 0 Å². The molecule has 0 heteroatoms. The normalized spacial score (nSPS) is 8.95. The third kappa shape index (κ3) is 6.30. The van der Waals surface area contributed by atoms with E-state index in [0.717, 1.165) is 6.42 Å². The van der Waals surface area contributed by atoms with Crippen LogP contribution in [0.2, 0.25) is 0 Å². The summed E-state index contributed by atoms with van der Waals surface area (Å²) in [6.45, 7) is 14.4. The van der Waals surface area contributed by atoms with Gasteiger partial charge in [0.2, 0.25) is 0 Å². The van der Waals surface area contributed by atoms with E-state index in [1.54, 1.807) is 0 Å². The molecule has 0 nitrogen and oxygen atoms in total.